The molecule has 172 valence electrons. The van der Waals surface area contributed by atoms with Gasteiger partial charge in [-0.2, -0.15) is 0 Å². The van der Waals surface area contributed by atoms with Crippen molar-refractivity contribution < 1.29 is 15.0 Å². The highest BCUT2D eigenvalue weighted by molar-refractivity contribution is 6.89. The fourth-order valence-electron chi connectivity index (χ4n) is 8.52. The molecule has 1 aliphatic rings. The fraction of sp³-hybridized carbons (Fsp3) is 0.958. The quantitative estimate of drug-likeness (QED) is 0.407. The largest absolute Gasteiger partial charge is 0.393 e. The smallest absolute Gasteiger partial charge is 0.138 e. The lowest BCUT2D eigenvalue weighted by Gasteiger charge is -2.59. The van der Waals surface area contributed by atoms with Gasteiger partial charge in [0.25, 0.3) is 0 Å². The average Bonchev–Trinajstić information content (AvgIpc) is 2.52. The molecule has 4 atom stereocenters. The molecule has 0 aromatic carbocycles. The van der Waals surface area contributed by atoms with E-state index in [9.17, 15) is 15.0 Å². The Morgan fingerprint density at radius 3 is 1.24 bits per heavy atom. The molecule has 1 fully saturated rings. The van der Waals surface area contributed by atoms with Crippen LogP contribution in [-0.2, 0) is 4.79 Å². The fourth-order valence-corrected chi connectivity index (χ4v) is 24.2. The van der Waals surface area contributed by atoms with E-state index in [1.807, 2.05) is 0 Å². The van der Waals surface area contributed by atoms with Crippen LogP contribution in [0.2, 0.25) is 44.3 Å². The molecule has 0 heterocycles. The van der Waals surface area contributed by atoms with E-state index < -0.39 is 28.4 Å². The van der Waals surface area contributed by atoms with Crippen molar-refractivity contribution >= 4 is 21.9 Å². The summed E-state index contributed by atoms with van der Waals surface area (Å²) in [5, 5.41) is 23.3. The number of carbonyl (C=O) groups excluding carboxylic acids is 1. The Bertz CT molecular complexity index is 511. The first-order valence-electron chi connectivity index (χ1n) is 12.0. The van der Waals surface area contributed by atoms with Gasteiger partial charge in [-0.25, -0.2) is 0 Å². The Balaban J connectivity index is 3.78. The molecule has 0 amide bonds. The number of ketones is 1. The van der Waals surface area contributed by atoms with E-state index in [2.05, 4.69) is 83.1 Å². The molecule has 0 unspecified atom stereocenters. The molecule has 0 spiro atoms. The van der Waals surface area contributed by atoms with Crippen LogP contribution < -0.4 is 0 Å². The Morgan fingerprint density at radius 2 is 0.966 bits per heavy atom. The molecule has 1 aliphatic carbocycles. The normalized spacial score (nSPS) is 27.4. The van der Waals surface area contributed by atoms with Gasteiger partial charge in [-0.1, -0.05) is 99.7 Å². The molecule has 2 N–H and O–H groups in total. The van der Waals surface area contributed by atoms with Crippen molar-refractivity contribution in [3.63, 3.8) is 0 Å². The minimum Gasteiger partial charge on any atom is -0.393 e. The molecule has 0 radical (unpaired) electrons. The molecular weight excluding hydrogens is 392 g/mol. The van der Waals surface area contributed by atoms with Crippen LogP contribution in [0, 0.1) is 0 Å². The van der Waals surface area contributed by atoms with Crippen LogP contribution in [0.15, 0.2) is 0 Å². The Labute approximate surface area is 183 Å². The highest BCUT2D eigenvalue weighted by Crippen LogP contribution is 2.60. The van der Waals surface area contributed by atoms with Gasteiger partial charge in [0.05, 0.1) is 28.4 Å². The first-order valence-corrected chi connectivity index (χ1v) is 16.6. The topological polar surface area (TPSA) is 57.5 Å². The number of Topliss-reactive ketones (excluding diaryl/α,β-unsaturated/α-hetero) is 1. The molecule has 0 bridgehead atoms. The van der Waals surface area contributed by atoms with Crippen molar-refractivity contribution in [2.75, 3.05) is 0 Å². The molecule has 0 aliphatic heterocycles. The molecule has 0 aromatic rings. The monoisotopic (exact) mass is 442 g/mol. The van der Waals surface area contributed by atoms with Crippen LogP contribution in [0.4, 0.5) is 0 Å². The molecule has 0 aromatic heterocycles. The Kier molecular flexibility index (Phi) is 9.01. The summed E-state index contributed by atoms with van der Waals surface area (Å²) in [6.07, 6.45) is -1.18. The van der Waals surface area contributed by atoms with E-state index in [1.54, 1.807) is 0 Å². The summed E-state index contributed by atoms with van der Waals surface area (Å²) >= 11 is 0. The zero-order chi connectivity index (χ0) is 23.1. The number of aliphatic hydroxyl groups is 2. The van der Waals surface area contributed by atoms with Crippen LogP contribution in [0.3, 0.4) is 0 Å². The lowest BCUT2D eigenvalue weighted by molar-refractivity contribution is -0.127. The third-order valence-corrected chi connectivity index (χ3v) is 24.6. The zero-order valence-corrected chi connectivity index (χ0v) is 23.3. The van der Waals surface area contributed by atoms with E-state index in [0.717, 1.165) is 0 Å². The molecular formula is C24H50O3Si2. The molecule has 29 heavy (non-hydrogen) atoms. The van der Waals surface area contributed by atoms with Crippen LogP contribution in [0.25, 0.3) is 0 Å². The molecule has 3 nitrogen and oxygen atoms in total. The van der Waals surface area contributed by atoms with E-state index in [4.69, 9.17) is 0 Å². The molecule has 1 saturated carbocycles. The van der Waals surface area contributed by atoms with E-state index in [0.29, 0.717) is 33.2 Å². The average molecular weight is 443 g/mol. The predicted octanol–water partition coefficient (Wildman–Crippen LogP) is 6.78. The van der Waals surface area contributed by atoms with Gasteiger partial charge in [-0.05, 0) is 16.6 Å². The second-order valence-corrected chi connectivity index (χ2v) is 23.9. The van der Waals surface area contributed by atoms with Crippen molar-refractivity contribution in [2.45, 2.75) is 146 Å². The van der Waals surface area contributed by atoms with Crippen molar-refractivity contribution in [3.8, 4) is 0 Å². The maximum Gasteiger partial charge on any atom is 0.138 e. The van der Waals surface area contributed by atoms with Crippen molar-refractivity contribution in [2.24, 2.45) is 0 Å². The van der Waals surface area contributed by atoms with Crippen molar-refractivity contribution in [3.05, 3.63) is 0 Å². The molecule has 5 heteroatoms. The summed E-state index contributed by atoms with van der Waals surface area (Å²) in [4.78, 5) is 13.5. The predicted molar refractivity (Wildman–Crippen MR) is 131 cm³/mol. The lowest BCUT2D eigenvalue weighted by atomic mass is 9.92. The summed E-state index contributed by atoms with van der Waals surface area (Å²) in [5.41, 5.74) is 2.17. The van der Waals surface area contributed by atoms with Crippen molar-refractivity contribution in [1.82, 2.24) is 0 Å². The van der Waals surface area contributed by atoms with Gasteiger partial charge in [0.2, 0.25) is 0 Å². The van der Waals surface area contributed by atoms with Crippen molar-refractivity contribution in [1.29, 1.82) is 0 Å². The van der Waals surface area contributed by atoms with Gasteiger partial charge >= 0.3 is 0 Å². The molecule has 1 rings (SSSR count). The number of carbonyl (C=O) groups is 1. The van der Waals surface area contributed by atoms with Crippen LogP contribution in [0.5, 0.6) is 0 Å². The highest BCUT2D eigenvalue weighted by Gasteiger charge is 2.63. The Hall–Kier alpha value is 0.0238. The minimum absolute atomic E-state index is 0.128. The summed E-state index contributed by atoms with van der Waals surface area (Å²) < 4.78 is 0. The highest BCUT2D eigenvalue weighted by atomic mass is 28.3. The maximum atomic E-state index is 13.5. The Morgan fingerprint density at radius 1 is 0.655 bits per heavy atom. The summed E-state index contributed by atoms with van der Waals surface area (Å²) in [5.74, 6) is 0.128. The number of hydrogen-bond donors (Lipinski definition) is 2. The second kappa shape index (κ2) is 9.66. The summed E-state index contributed by atoms with van der Waals surface area (Å²) in [7, 11) is -4.33. The van der Waals surface area contributed by atoms with E-state index in [-0.39, 0.29) is 23.3 Å². The van der Waals surface area contributed by atoms with Crippen LogP contribution in [0.1, 0.15) is 89.5 Å². The number of aliphatic hydroxyl groups excluding tert-OH is 2. The third-order valence-electron chi connectivity index (χ3n) is 9.00. The first-order chi connectivity index (χ1) is 13.1. The summed E-state index contributed by atoms with van der Waals surface area (Å²) in [6, 6.07) is 0. The van der Waals surface area contributed by atoms with Gasteiger partial charge in [-0.15, -0.1) is 0 Å². The lowest BCUT2D eigenvalue weighted by Crippen LogP contribution is -2.65. The SMILES string of the molecule is CC(C)[Si](C(C)C)(C(C)C)[C@@H]1[C@@H](O)[C@H]([Si](C(C)C)(C(C)C)C(C)C)C(=O)C[C@H]1O. The summed E-state index contributed by atoms with van der Waals surface area (Å²) in [6.45, 7) is 27.3. The minimum atomic E-state index is -2.20. The number of hydrogen-bond acceptors (Lipinski definition) is 3. The van der Waals surface area contributed by atoms with Gasteiger partial charge in [0.15, 0.2) is 0 Å². The third kappa shape index (κ3) is 4.10. The van der Waals surface area contributed by atoms with Gasteiger partial charge in [0, 0.05) is 17.5 Å². The zero-order valence-electron chi connectivity index (χ0n) is 21.3. The van der Waals surface area contributed by atoms with Crippen LogP contribution >= 0.6 is 0 Å². The maximum absolute atomic E-state index is 13.5. The van der Waals surface area contributed by atoms with Crippen LogP contribution in [-0.4, -0.2) is 44.4 Å². The second-order valence-electron chi connectivity index (χ2n) is 11.7. The molecule has 0 saturated heterocycles. The van der Waals surface area contributed by atoms with Gasteiger partial charge in [0.1, 0.15) is 5.78 Å². The van der Waals surface area contributed by atoms with Gasteiger partial charge < -0.3 is 10.2 Å². The standard InChI is InChI=1S/C24H50O3Si2/c1-14(2)28(15(3)4,16(5)6)23-20(25)13-21(26)24(22(23)27)29(17(7)8,18(9)10)19(11)12/h14-20,22-25,27H,13H2,1-12H3/t20-,22-,23+,24-/m1/s1. The number of rotatable bonds is 8. The van der Waals surface area contributed by atoms with E-state index in [1.165, 1.54) is 0 Å². The van der Waals surface area contributed by atoms with Gasteiger partial charge in [-0.3, -0.25) is 4.79 Å². The van der Waals surface area contributed by atoms with E-state index >= 15 is 0 Å². The first kappa shape index (κ1) is 27.1.